The molecule has 0 aliphatic carbocycles. The molecule has 2 aliphatic rings. The molecular weight excluding hydrogens is 486 g/mol. The van der Waals surface area contributed by atoms with Crippen LogP contribution in [0.4, 0.5) is 10.5 Å². The van der Waals surface area contributed by atoms with Crippen LogP contribution in [0.2, 0.25) is 0 Å². The highest BCUT2D eigenvalue weighted by Crippen LogP contribution is 2.41. The molecule has 2 aliphatic heterocycles. The molecule has 1 atom stereocenters. The Hall–Kier alpha value is -3.87. The number of H-pyrrole nitrogens is 1. The van der Waals surface area contributed by atoms with Crippen molar-refractivity contribution < 1.29 is 9.53 Å². The number of amides is 1. The SMILES string of the molecule is Cc1cc(N2CCc3cc(-c4cnc5[nH]cc(C)c5c4)cc([C@@H]4CCCN4C(=O)OC(C)(C)C)c3C2)ccn1. The summed E-state index contributed by atoms with van der Waals surface area (Å²) in [5, 5.41) is 1.14. The summed E-state index contributed by atoms with van der Waals surface area (Å²) < 4.78 is 5.84. The third-order valence-corrected chi connectivity index (χ3v) is 7.93. The number of carbonyl (C=O) groups excluding carboxylic acids is 1. The molecule has 7 heteroatoms. The number of rotatable bonds is 3. The summed E-state index contributed by atoms with van der Waals surface area (Å²) in [6.07, 6.45) is 8.45. The quantitative estimate of drug-likeness (QED) is 0.317. The molecule has 202 valence electrons. The van der Waals surface area contributed by atoms with E-state index >= 15 is 0 Å². The number of nitrogens with one attached hydrogen (secondary N) is 1. The van der Waals surface area contributed by atoms with Crippen LogP contribution in [0, 0.1) is 13.8 Å². The van der Waals surface area contributed by atoms with Crippen LogP contribution in [0.3, 0.4) is 0 Å². The zero-order valence-corrected chi connectivity index (χ0v) is 23.5. The van der Waals surface area contributed by atoms with Crippen molar-refractivity contribution in [1.82, 2.24) is 19.9 Å². The van der Waals surface area contributed by atoms with Crippen molar-refractivity contribution in [3.8, 4) is 11.1 Å². The normalized spacial score (nSPS) is 17.5. The number of fused-ring (bicyclic) bond motifs is 2. The van der Waals surface area contributed by atoms with E-state index in [-0.39, 0.29) is 12.1 Å². The van der Waals surface area contributed by atoms with Gasteiger partial charge in [0.25, 0.3) is 0 Å². The summed E-state index contributed by atoms with van der Waals surface area (Å²) in [4.78, 5) is 30.1. The molecule has 0 unspecified atom stereocenters. The minimum absolute atomic E-state index is 0.0154. The van der Waals surface area contributed by atoms with Gasteiger partial charge >= 0.3 is 6.09 Å². The van der Waals surface area contributed by atoms with Gasteiger partial charge in [-0.15, -0.1) is 0 Å². The Bertz CT molecular complexity index is 1550. The van der Waals surface area contributed by atoms with Crippen LogP contribution >= 0.6 is 0 Å². The molecule has 1 saturated heterocycles. The molecule has 1 fully saturated rings. The topological polar surface area (TPSA) is 74.4 Å². The van der Waals surface area contributed by atoms with Crippen LogP contribution in [0.15, 0.2) is 48.9 Å². The first-order valence-electron chi connectivity index (χ1n) is 13.9. The Morgan fingerprint density at radius 3 is 2.72 bits per heavy atom. The van der Waals surface area contributed by atoms with Crippen molar-refractivity contribution in [3.05, 3.63) is 76.9 Å². The van der Waals surface area contributed by atoms with E-state index in [1.807, 2.05) is 51.2 Å². The number of anilines is 1. The third kappa shape index (κ3) is 4.98. The second-order valence-electron chi connectivity index (χ2n) is 12.0. The maximum atomic E-state index is 13.3. The lowest BCUT2D eigenvalue weighted by molar-refractivity contribution is 0.0224. The molecule has 5 heterocycles. The average Bonchev–Trinajstić information content (AvgIpc) is 3.54. The van der Waals surface area contributed by atoms with Crippen LogP contribution in [0.5, 0.6) is 0 Å². The first-order chi connectivity index (χ1) is 18.7. The molecule has 4 aromatic rings. The molecular formula is C32H37N5O2. The van der Waals surface area contributed by atoms with Crippen molar-refractivity contribution in [1.29, 1.82) is 0 Å². The van der Waals surface area contributed by atoms with E-state index in [4.69, 9.17) is 9.72 Å². The van der Waals surface area contributed by atoms with Crippen LogP contribution in [-0.2, 0) is 17.7 Å². The van der Waals surface area contributed by atoms with E-state index in [1.54, 1.807) is 0 Å². The van der Waals surface area contributed by atoms with Gasteiger partial charge in [-0.1, -0.05) is 6.07 Å². The summed E-state index contributed by atoms with van der Waals surface area (Å²) in [7, 11) is 0. The molecule has 0 bridgehead atoms. The summed E-state index contributed by atoms with van der Waals surface area (Å²) >= 11 is 0. The molecule has 0 spiro atoms. The second-order valence-corrected chi connectivity index (χ2v) is 12.0. The van der Waals surface area contributed by atoms with E-state index in [2.05, 4.69) is 52.1 Å². The number of aryl methyl sites for hydroxylation is 2. The number of pyridine rings is 2. The van der Waals surface area contributed by atoms with Gasteiger partial charge < -0.3 is 19.5 Å². The smallest absolute Gasteiger partial charge is 0.410 e. The van der Waals surface area contributed by atoms with Gasteiger partial charge in [0.1, 0.15) is 11.2 Å². The van der Waals surface area contributed by atoms with Crippen molar-refractivity contribution in [2.24, 2.45) is 0 Å². The Balaban J connectivity index is 1.45. The molecule has 1 amide bonds. The second kappa shape index (κ2) is 9.70. The number of carbonyl (C=O) groups is 1. The van der Waals surface area contributed by atoms with E-state index in [0.717, 1.165) is 60.2 Å². The number of aromatic amines is 1. The molecule has 7 nitrogen and oxygen atoms in total. The predicted octanol–water partition coefficient (Wildman–Crippen LogP) is 6.88. The van der Waals surface area contributed by atoms with E-state index in [0.29, 0.717) is 6.54 Å². The molecule has 6 rings (SSSR count). The lowest BCUT2D eigenvalue weighted by atomic mass is 9.86. The highest BCUT2D eigenvalue weighted by atomic mass is 16.6. The summed E-state index contributed by atoms with van der Waals surface area (Å²) in [6, 6.07) is 11.1. The first-order valence-corrected chi connectivity index (χ1v) is 13.9. The highest BCUT2D eigenvalue weighted by Gasteiger charge is 2.36. The van der Waals surface area contributed by atoms with Crippen molar-refractivity contribution in [2.45, 2.75) is 72.1 Å². The van der Waals surface area contributed by atoms with Crippen LogP contribution in [-0.4, -0.2) is 44.6 Å². The molecule has 0 saturated carbocycles. The predicted molar refractivity (Wildman–Crippen MR) is 155 cm³/mol. The molecule has 1 N–H and O–H groups in total. The van der Waals surface area contributed by atoms with E-state index in [9.17, 15) is 4.79 Å². The fourth-order valence-corrected chi connectivity index (χ4v) is 6.03. The Morgan fingerprint density at radius 2 is 1.92 bits per heavy atom. The largest absolute Gasteiger partial charge is 0.444 e. The fourth-order valence-electron chi connectivity index (χ4n) is 6.03. The number of ether oxygens (including phenoxy) is 1. The molecule has 1 aromatic carbocycles. The summed E-state index contributed by atoms with van der Waals surface area (Å²) in [5.74, 6) is 0. The number of hydrogen-bond donors (Lipinski definition) is 1. The van der Waals surface area contributed by atoms with Gasteiger partial charge in [-0.25, -0.2) is 9.78 Å². The minimum atomic E-state index is -0.531. The summed E-state index contributed by atoms with van der Waals surface area (Å²) in [6.45, 7) is 12.4. The van der Waals surface area contributed by atoms with Crippen molar-refractivity contribution in [2.75, 3.05) is 18.0 Å². The van der Waals surface area contributed by atoms with Gasteiger partial charge in [0, 0.05) is 60.6 Å². The van der Waals surface area contributed by atoms with Crippen molar-refractivity contribution in [3.63, 3.8) is 0 Å². The number of aromatic nitrogens is 3. The molecule has 0 radical (unpaired) electrons. The van der Waals surface area contributed by atoms with Gasteiger partial charge in [0.15, 0.2) is 0 Å². The molecule has 3 aromatic heterocycles. The first kappa shape index (κ1) is 25.4. The van der Waals surface area contributed by atoms with Gasteiger partial charge in [0.05, 0.1) is 6.04 Å². The van der Waals surface area contributed by atoms with Gasteiger partial charge in [0.2, 0.25) is 0 Å². The van der Waals surface area contributed by atoms with Crippen LogP contribution in [0.25, 0.3) is 22.2 Å². The van der Waals surface area contributed by atoms with E-state index < -0.39 is 5.60 Å². The maximum Gasteiger partial charge on any atom is 0.410 e. The lowest BCUT2D eigenvalue weighted by Crippen LogP contribution is -2.37. The number of likely N-dealkylation sites (tertiary alicyclic amines) is 1. The van der Waals surface area contributed by atoms with Gasteiger partial charge in [-0.05, 0) is 106 Å². The third-order valence-electron chi connectivity index (χ3n) is 7.93. The highest BCUT2D eigenvalue weighted by molar-refractivity contribution is 5.84. The van der Waals surface area contributed by atoms with E-state index in [1.165, 1.54) is 27.9 Å². The average molecular weight is 524 g/mol. The van der Waals surface area contributed by atoms with Crippen LogP contribution in [0.1, 0.15) is 67.6 Å². The lowest BCUT2D eigenvalue weighted by Gasteiger charge is -2.35. The van der Waals surface area contributed by atoms with Gasteiger partial charge in [-0.3, -0.25) is 4.98 Å². The minimum Gasteiger partial charge on any atom is -0.444 e. The number of nitrogens with zero attached hydrogens (tertiary/aromatic N) is 4. The van der Waals surface area contributed by atoms with Crippen LogP contribution < -0.4 is 4.90 Å². The Kier molecular flexibility index (Phi) is 6.32. The maximum absolute atomic E-state index is 13.3. The Labute approximate surface area is 230 Å². The standard InChI is InChI=1S/C32H37N5O2/c1-20-17-34-30-26(20)16-24(18-35-30)23-14-22-9-12-36(25-8-10-33-21(2)13-25)19-28(22)27(15-23)29-7-6-11-37(29)31(38)39-32(3,4)5/h8,10,13-18,29H,6-7,9,11-12,19H2,1-5H3,(H,34,35)/t29-/m0/s1. The number of hydrogen-bond acceptors (Lipinski definition) is 5. The van der Waals surface area contributed by atoms with Gasteiger partial charge in [-0.2, -0.15) is 0 Å². The number of benzene rings is 1. The zero-order chi connectivity index (χ0) is 27.3. The fraction of sp³-hybridized carbons (Fsp3) is 0.406. The zero-order valence-electron chi connectivity index (χ0n) is 23.5. The Morgan fingerprint density at radius 1 is 1.08 bits per heavy atom. The van der Waals surface area contributed by atoms with Crippen molar-refractivity contribution >= 4 is 22.8 Å². The monoisotopic (exact) mass is 523 g/mol. The molecule has 39 heavy (non-hydrogen) atoms. The summed E-state index contributed by atoms with van der Waals surface area (Å²) in [5.41, 5.74) is 9.94.